The predicted molar refractivity (Wildman–Crippen MR) is 101 cm³/mol. The number of benzene rings is 1. The number of carbonyl (C=O) groups is 1. The number of carbonyl (C=O) groups excluding carboxylic acids is 1. The molecule has 7 heteroatoms. The summed E-state index contributed by atoms with van der Waals surface area (Å²) in [5.74, 6) is 0.908. The molecule has 1 aliphatic carbocycles. The number of nitrogens with zero attached hydrogens (tertiary/aromatic N) is 4. The first-order chi connectivity index (χ1) is 12.7. The normalized spacial score (nSPS) is 14.3. The zero-order chi connectivity index (χ0) is 18.4. The van der Waals surface area contributed by atoms with E-state index in [-0.39, 0.29) is 5.91 Å². The first-order valence-corrected chi connectivity index (χ1v) is 10.2. The summed E-state index contributed by atoms with van der Waals surface area (Å²) >= 11 is 1.64. The number of nitrogens with one attached hydrogen (secondary N) is 1. The average Bonchev–Trinajstić information content (AvgIpc) is 3.34. The third kappa shape index (κ3) is 4.25. The minimum Gasteiger partial charge on any atom is -0.352 e. The molecule has 0 saturated heterocycles. The monoisotopic (exact) mass is 369 g/mol. The van der Waals surface area contributed by atoms with E-state index in [0.717, 1.165) is 23.8 Å². The van der Waals surface area contributed by atoms with Gasteiger partial charge in [-0.2, -0.15) is 5.26 Å². The summed E-state index contributed by atoms with van der Waals surface area (Å²) in [6.45, 7) is 0.588. The van der Waals surface area contributed by atoms with Crippen LogP contribution >= 0.6 is 11.8 Å². The van der Waals surface area contributed by atoms with Gasteiger partial charge in [0.1, 0.15) is 5.82 Å². The number of thioether (sulfide) groups is 1. The van der Waals surface area contributed by atoms with Crippen molar-refractivity contribution in [3.05, 3.63) is 41.2 Å². The molecule has 3 rings (SSSR count). The summed E-state index contributed by atoms with van der Waals surface area (Å²) in [6, 6.07) is 9.24. The third-order valence-corrected chi connectivity index (χ3v) is 5.39. The molecule has 0 radical (unpaired) electrons. The first kappa shape index (κ1) is 18.5. The largest absolute Gasteiger partial charge is 0.352 e. The molecule has 1 heterocycles. The van der Waals surface area contributed by atoms with Crippen molar-refractivity contribution >= 4 is 17.7 Å². The Morgan fingerprint density at radius 1 is 1.31 bits per heavy atom. The maximum absolute atomic E-state index is 12.2. The van der Waals surface area contributed by atoms with Crippen molar-refractivity contribution in [3.63, 3.8) is 0 Å². The highest BCUT2D eigenvalue weighted by atomic mass is 32.2. The molecule has 6 nitrogen and oxygen atoms in total. The van der Waals surface area contributed by atoms with E-state index < -0.39 is 0 Å². The number of hydrogen-bond acceptors (Lipinski definition) is 5. The van der Waals surface area contributed by atoms with Crippen LogP contribution in [0.25, 0.3) is 0 Å². The molecule has 136 valence electrons. The highest BCUT2D eigenvalue weighted by Crippen LogP contribution is 2.33. The van der Waals surface area contributed by atoms with E-state index in [1.807, 2.05) is 6.26 Å². The van der Waals surface area contributed by atoms with Crippen LogP contribution in [-0.4, -0.2) is 33.5 Å². The summed E-state index contributed by atoms with van der Waals surface area (Å²) in [5, 5.41) is 21.4. The second kappa shape index (κ2) is 8.86. The maximum atomic E-state index is 12.2. The second-order valence-electron chi connectivity index (χ2n) is 6.46. The number of nitriles is 1. The van der Waals surface area contributed by atoms with Gasteiger partial charge in [-0.25, -0.2) is 0 Å². The van der Waals surface area contributed by atoms with Crippen LogP contribution in [0.4, 0.5) is 0 Å². The summed E-state index contributed by atoms with van der Waals surface area (Å²) in [5.41, 5.74) is 1.13. The fourth-order valence-corrected chi connectivity index (χ4v) is 3.97. The highest BCUT2D eigenvalue weighted by Gasteiger charge is 2.23. The predicted octanol–water partition coefficient (Wildman–Crippen LogP) is 3.35. The quantitative estimate of drug-likeness (QED) is 0.598. The minimum absolute atomic E-state index is 0.114. The second-order valence-corrected chi connectivity index (χ2v) is 7.23. The van der Waals surface area contributed by atoms with Crippen molar-refractivity contribution in [1.82, 2.24) is 20.1 Å². The van der Waals surface area contributed by atoms with E-state index >= 15 is 0 Å². The van der Waals surface area contributed by atoms with Crippen molar-refractivity contribution in [2.75, 3.05) is 12.8 Å². The van der Waals surface area contributed by atoms with Gasteiger partial charge in [0, 0.05) is 24.6 Å². The lowest BCUT2D eigenvalue weighted by atomic mass is 10.1. The Bertz CT molecular complexity index is 787. The number of aromatic nitrogens is 3. The summed E-state index contributed by atoms with van der Waals surface area (Å²) in [7, 11) is 0. The lowest BCUT2D eigenvalue weighted by Gasteiger charge is -2.16. The molecule has 0 spiro atoms. The van der Waals surface area contributed by atoms with Crippen LogP contribution in [0.2, 0.25) is 0 Å². The molecule has 1 aliphatic rings. The number of aryl methyl sites for hydroxylation is 1. The number of rotatable bonds is 7. The molecule has 1 amide bonds. The fraction of sp³-hybridized carbons (Fsp3) is 0.474. The van der Waals surface area contributed by atoms with Crippen LogP contribution in [0, 0.1) is 11.3 Å². The zero-order valence-corrected chi connectivity index (χ0v) is 15.8. The van der Waals surface area contributed by atoms with Crippen molar-refractivity contribution in [3.8, 4) is 6.07 Å². The molecule has 1 aromatic heterocycles. The van der Waals surface area contributed by atoms with Crippen LogP contribution in [0.5, 0.6) is 0 Å². The molecule has 1 aromatic carbocycles. The van der Waals surface area contributed by atoms with Crippen LogP contribution in [0.15, 0.2) is 29.4 Å². The standard InChI is InChI=1S/C19H23N5OS/c1-26-19-23-22-17(24(19)16-5-2-3-6-16)7-4-12-21-18(25)15-10-8-14(13-20)9-11-15/h8-11,16H,2-7,12H2,1H3,(H,21,25). The molecule has 1 fully saturated rings. The molecule has 0 bridgehead atoms. The summed E-state index contributed by atoms with van der Waals surface area (Å²) in [4.78, 5) is 12.2. The van der Waals surface area contributed by atoms with Crippen LogP contribution in [0.3, 0.4) is 0 Å². The number of amides is 1. The van der Waals surface area contributed by atoms with E-state index in [1.54, 1.807) is 36.0 Å². The number of hydrogen-bond donors (Lipinski definition) is 1. The zero-order valence-electron chi connectivity index (χ0n) is 14.9. The van der Waals surface area contributed by atoms with Crippen molar-refractivity contribution < 1.29 is 4.79 Å². The first-order valence-electron chi connectivity index (χ1n) is 8.99. The smallest absolute Gasteiger partial charge is 0.251 e. The van der Waals surface area contributed by atoms with Crippen LogP contribution in [0.1, 0.15) is 59.9 Å². The summed E-state index contributed by atoms with van der Waals surface area (Å²) in [6.07, 6.45) is 8.62. The van der Waals surface area contributed by atoms with E-state index in [2.05, 4.69) is 26.2 Å². The molecule has 0 aliphatic heterocycles. The van der Waals surface area contributed by atoms with Crippen molar-refractivity contribution in [2.45, 2.75) is 49.7 Å². The fourth-order valence-electron chi connectivity index (χ4n) is 3.39. The molecule has 1 N–H and O–H groups in total. The van der Waals surface area contributed by atoms with Gasteiger partial charge < -0.3 is 9.88 Å². The van der Waals surface area contributed by atoms with E-state index in [0.29, 0.717) is 23.7 Å². The molecule has 26 heavy (non-hydrogen) atoms. The SMILES string of the molecule is CSc1nnc(CCCNC(=O)c2ccc(C#N)cc2)n1C1CCCC1. The van der Waals surface area contributed by atoms with Gasteiger partial charge in [-0.3, -0.25) is 4.79 Å². The van der Waals surface area contributed by atoms with Gasteiger partial charge in [-0.15, -0.1) is 10.2 Å². The lowest BCUT2D eigenvalue weighted by molar-refractivity contribution is 0.0953. The van der Waals surface area contributed by atoms with Gasteiger partial charge >= 0.3 is 0 Å². The van der Waals surface area contributed by atoms with Crippen LogP contribution in [-0.2, 0) is 6.42 Å². The van der Waals surface area contributed by atoms with Crippen molar-refractivity contribution in [2.24, 2.45) is 0 Å². The van der Waals surface area contributed by atoms with Gasteiger partial charge in [0.25, 0.3) is 5.91 Å². The van der Waals surface area contributed by atoms with Gasteiger partial charge in [-0.05, 0) is 49.8 Å². The van der Waals surface area contributed by atoms with Gasteiger partial charge in [0.05, 0.1) is 11.6 Å². The third-order valence-electron chi connectivity index (χ3n) is 4.75. The Labute approximate surface area is 158 Å². The van der Waals surface area contributed by atoms with Gasteiger partial charge in [0.15, 0.2) is 5.16 Å². The van der Waals surface area contributed by atoms with Crippen molar-refractivity contribution in [1.29, 1.82) is 5.26 Å². The topological polar surface area (TPSA) is 83.6 Å². The summed E-state index contributed by atoms with van der Waals surface area (Å²) < 4.78 is 2.31. The molecule has 2 aromatic rings. The Morgan fingerprint density at radius 2 is 2.04 bits per heavy atom. The Morgan fingerprint density at radius 3 is 2.69 bits per heavy atom. The molecular formula is C19H23N5OS. The van der Waals surface area contributed by atoms with Crippen LogP contribution < -0.4 is 5.32 Å². The average molecular weight is 369 g/mol. The molecular weight excluding hydrogens is 346 g/mol. The Hall–Kier alpha value is -2.33. The Kier molecular flexibility index (Phi) is 6.29. The minimum atomic E-state index is -0.114. The van der Waals surface area contributed by atoms with Gasteiger partial charge in [0.2, 0.25) is 0 Å². The van der Waals surface area contributed by atoms with Gasteiger partial charge in [-0.1, -0.05) is 24.6 Å². The Balaban J connectivity index is 1.52. The molecule has 0 unspecified atom stereocenters. The molecule has 1 saturated carbocycles. The van der Waals surface area contributed by atoms with E-state index in [9.17, 15) is 4.79 Å². The van der Waals surface area contributed by atoms with E-state index in [4.69, 9.17) is 5.26 Å². The molecule has 0 atom stereocenters. The maximum Gasteiger partial charge on any atom is 0.251 e. The highest BCUT2D eigenvalue weighted by molar-refractivity contribution is 7.98. The van der Waals surface area contributed by atoms with E-state index in [1.165, 1.54) is 25.7 Å². The lowest BCUT2D eigenvalue weighted by Crippen LogP contribution is -2.25.